The molecule has 0 bridgehead atoms. The number of alkyl carbamates (subject to hydrolysis) is 1. The maximum atomic E-state index is 13.7. The predicted molar refractivity (Wildman–Crippen MR) is 204 cm³/mol. The van der Waals surface area contributed by atoms with Gasteiger partial charge in [0.1, 0.15) is 29.4 Å². The number of carboxylic acid groups (broad SMARTS) is 1. The number of imidazole rings is 2. The van der Waals surface area contributed by atoms with Crippen molar-refractivity contribution in [1.29, 1.82) is 0 Å². The van der Waals surface area contributed by atoms with E-state index in [-0.39, 0.29) is 47.8 Å². The van der Waals surface area contributed by atoms with Gasteiger partial charge in [-0.05, 0) is 85.3 Å². The van der Waals surface area contributed by atoms with Gasteiger partial charge in [-0.25, -0.2) is 19.6 Å². The first-order valence-electron chi connectivity index (χ1n) is 19.0. The number of nitrogens with one attached hydrogen (secondary N) is 4. The molecule has 55 heavy (non-hydrogen) atoms. The van der Waals surface area contributed by atoms with Gasteiger partial charge in [-0.2, -0.15) is 0 Å². The van der Waals surface area contributed by atoms with Crippen LogP contribution >= 0.6 is 0 Å². The number of ether oxygens (including phenoxy) is 1. The van der Waals surface area contributed by atoms with Gasteiger partial charge < -0.3 is 40.2 Å². The number of nitrogens with zero attached hydrogens (tertiary/aromatic N) is 4. The van der Waals surface area contributed by atoms with E-state index in [0.29, 0.717) is 23.3 Å². The predicted octanol–water partition coefficient (Wildman–Crippen LogP) is 5.74. The van der Waals surface area contributed by atoms with E-state index in [1.54, 1.807) is 6.20 Å². The Morgan fingerprint density at radius 3 is 2.24 bits per heavy atom. The van der Waals surface area contributed by atoms with Crippen molar-refractivity contribution in [3.8, 4) is 23.1 Å². The van der Waals surface area contributed by atoms with Crippen molar-refractivity contribution < 1.29 is 29.0 Å². The number of fused-ring (bicyclic) bond motifs is 2. The highest BCUT2D eigenvalue weighted by Crippen LogP contribution is 2.53. The van der Waals surface area contributed by atoms with Gasteiger partial charge in [0, 0.05) is 35.6 Å². The fourth-order valence-corrected chi connectivity index (χ4v) is 8.15. The summed E-state index contributed by atoms with van der Waals surface area (Å²) in [6.07, 6.45) is 5.07. The number of aromatic amines is 2. The van der Waals surface area contributed by atoms with Crippen LogP contribution in [0.2, 0.25) is 0 Å². The summed E-state index contributed by atoms with van der Waals surface area (Å²) in [4.78, 5) is 70.6. The first-order chi connectivity index (χ1) is 26.3. The number of carbonyl (C=O) groups is 4. The lowest BCUT2D eigenvalue weighted by Crippen LogP contribution is -2.52. The summed E-state index contributed by atoms with van der Waals surface area (Å²) < 4.78 is 4.78. The Morgan fingerprint density at radius 1 is 0.836 bits per heavy atom. The van der Waals surface area contributed by atoms with Crippen molar-refractivity contribution in [1.82, 2.24) is 40.4 Å². The summed E-state index contributed by atoms with van der Waals surface area (Å²) in [7, 11) is 1.29. The van der Waals surface area contributed by atoms with Crippen molar-refractivity contribution in [3.63, 3.8) is 0 Å². The summed E-state index contributed by atoms with van der Waals surface area (Å²) >= 11 is 0. The zero-order valence-electron chi connectivity index (χ0n) is 31.9. The third-order valence-electron chi connectivity index (χ3n) is 11.2. The van der Waals surface area contributed by atoms with Crippen LogP contribution in [0.5, 0.6) is 0 Å². The molecule has 1 saturated carbocycles. The number of hydrogen-bond donors (Lipinski definition) is 5. The van der Waals surface area contributed by atoms with Crippen LogP contribution in [0.3, 0.4) is 0 Å². The third-order valence-corrected chi connectivity index (χ3v) is 11.2. The number of likely N-dealkylation sites (tertiary alicyclic amines) is 2. The van der Waals surface area contributed by atoms with E-state index in [0.717, 1.165) is 53.3 Å². The number of aromatic nitrogens is 4. The quantitative estimate of drug-likeness (QED) is 0.134. The van der Waals surface area contributed by atoms with Crippen LogP contribution in [0.25, 0.3) is 22.0 Å². The van der Waals surface area contributed by atoms with E-state index in [1.807, 2.05) is 80.9 Å². The minimum Gasteiger partial charge on any atom is -0.465 e. The Bertz CT molecular complexity index is 2180. The van der Waals surface area contributed by atoms with E-state index >= 15 is 0 Å². The molecule has 2 aliphatic heterocycles. The molecule has 5 N–H and O–H groups in total. The van der Waals surface area contributed by atoms with Gasteiger partial charge in [0.15, 0.2) is 0 Å². The van der Waals surface area contributed by atoms with Gasteiger partial charge in [0.05, 0.1) is 24.9 Å². The lowest BCUT2D eigenvalue weighted by atomic mass is 10.0. The van der Waals surface area contributed by atoms with Crippen LogP contribution < -0.4 is 10.6 Å². The molecule has 2 aromatic heterocycles. The second-order valence-electron chi connectivity index (χ2n) is 15.6. The zero-order chi connectivity index (χ0) is 39.1. The van der Waals surface area contributed by atoms with Crippen molar-refractivity contribution >= 4 is 34.8 Å². The van der Waals surface area contributed by atoms with Gasteiger partial charge in [-0.15, -0.1) is 0 Å². The fourth-order valence-electron chi connectivity index (χ4n) is 8.15. The van der Waals surface area contributed by atoms with Crippen molar-refractivity contribution in [2.45, 2.75) is 96.6 Å². The highest BCUT2D eigenvalue weighted by atomic mass is 16.5. The minimum absolute atomic E-state index is 0.00840. The van der Waals surface area contributed by atoms with E-state index < -0.39 is 24.3 Å². The van der Waals surface area contributed by atoms with Crippen LogP contribution in [0.1, 0.15) is 95.3 Å². The largest absolute Gasteiger partial charge is 0.465 e. The fraction of sp³-hybridized carbons (Fsp3) is 0.463. The first kappa shape index (κ1) is 37.5. The smallest absolute Gasteiger partial charge is 0.407 e. The molecule has 14 nitrogen and oxygen atoms in total. The molecule has 2 saturated heterocycles. The Balaban J connectivity index is 1.04. The Labute approximate surface area is 319 Å². The van der Waals surface area contributed by atoms with Crippen LogP contribution in [0.4, 0.5) is 9.59 Å². The molecule has 0 spiro atoms. The molecule has 4 heterocycles. The third kappa shape index (κ3) is 7.61. The lowest BCUT2D eigenvalue weighted by molar-refractivity contribution is -0.137. The molecule has 7 rings (SSSR count). The van der Waals surface area contributed by atoms with E-state index in [4.69, 9.17) is 14.7 Å². The summed E-state index contributed by atoms with van der Waals surface area (Å²) in [5, 5.41) is 16.5. The number of amides is 4. The summed E-state index contributed by atoms with van der Waals surface area (Å²) in [6.45, 7) is 9.49. The van der Waals surface area contributed by atoms with Gasteiger partial charge in [-0.3, -0.25) is 9.59 Å². The number of piperidine rings is 1. The average molecular weight is 749 g/mol. The van der Waals surface area contributed by atoms with Gasteiger partial charge in [0.25, 0.3) is 0 Å². The molecule has 2 aromatic carbocycles. The molecule has 14 heteroatoms. The molecule has 4 amide bonds. The van der Waals surface area contributed by atoms with Gasteiger partial charge >= 0.3 is 12.2 Å². The second kappa shape index (κ2) is 15.1. The number of rotatable bonds is 9. The number of methoxy groups -OCH3 is 1. The molecule has 2 unspecified atom stereocenters. The Morgan fingerprint density at radius 2 is 1.51 bits per heavy atom. The topological polar surface area (TPSA) is 186 Å². The van der Waals surface area contributed by atoms with Crippen LogP contribution in [0.15, 0.2) is 48.8 Å². The number of benzene rings is 2. The molecule has 4 aromatic rings. The summed E-state index contributed by atoms with van der Waals surface area (Å²) in [6, 6.07) is 10.2. The number of carbonyl (C=O) groups excluding carboxylic acids is 3. The summed E-state index contributed by atoms with van der Waals surface area (Å²) in [5.74, 6) is 7.47. The van der Waals surface area contributed by atoms with Crippen molar-refractivity contribution in [2.24, 2.45) is 17.8 Å². The standard InChI is InChI=1S/C41H48N8O6/c1-21(2)34(46-40(52)53)39(51)49-32-17-28(32)18-33(49)37-42-19-29(44-37)13-9-24-8-10-26-16-27(12-11-25(26)15-24)30-20-43-36(45-30)31-14-7-23(5)48(31)38(50)35(22(3)4)47-41(54)55-6/h8,10-12,15-16,19-23,28,31-35,46H,7,14,17-18H2,1-6H3,(H,42,44)(H,43,45)(H,47,54)(H,52,53)/t23-,28+,31-,32+,33-,34?,35?/m0/s1. The maximum Gasteiger partial charge on any atom is 0.407 e. The molecule has 3 fully saturated rings. The van der Waals surface area contributed by atoms with Gasteiger partial charge in [-0.1, -0.05) is 51.8 Å². The molecule has 3 aliphatic rings. The van der Waals surface area contributed by atoms with Crippen LogP contribution in [0, 0.1) is 29.6 Å². The van der Waals surface area contributed by atoms with Crippen molar-refractivity contribution in [3.05, 3.63) is 71.7 Å². The molecular weight excluding hydrogens is 701 g/mol. The molecule has 288 valence electrons. The van der Waals surface area contributed by atoms with Crippen LogP contribution in [-0.2, 0) is 14.3 Å². The highest BCUT2D eigenvalue weighted by Gasteiger charge is 2.56. The second-order valence-corrected chi connectivity index (χ2v) is 15.6. The Kier molecular flexibility index (Phi) is 10.3. The van der Waals surface area contributed by atoms with Gasteiger partial charge in [0.2, 0.25) is 11.8 Å². The summed E-state index contributed by atoms with van der Waals surface area (Å²) in [5.41, 5.74) is 3.10. The molecule has 1 aliphatic carbocycles. The SMILES string of the molecule is COC(=O)NC(C(=O)N1[C@@H](C)CC[C@H]1c1nc(-c2ccc3cc(C#Cc4c[nH]c([C@@H]5C[C@H]6C[C@H]6N5C(=O)C(NC(=O)O)C(C)C)n4)ccc3c2)c[nH]1)C(C)C. The monoisotopic (exact) mass is 748 g/mol. The normalized spacial score (nSPS) is 22.6. The van der Waals surface area contributed by atoms with E-state index in [2.05, 4.69) is 38.5 Å². The lowest BCUT2D eigenvalue weighted by Gasteiger charge is -2.32. The van der Waals surface area contributed by atoms with E-state index in [1.165, 1.54) is 7.11 Å². The van der Waals surface area contributed by atoms with Crippen LogP contribution in [-0.4, -0.2) is 90.1 Å². The zero-order valence-corrected chi connectivity index (χ0v) is 31.9. The number of hydrogen-bond acceptors (Lipinski definition) is 7. The molecule has 0 radical (unpaired) electrons. The van der Waals surface area contributed by atoms with Crippen molar-refractivity contribution in [2.75, 3.05) is 7.11 Å². The molecule has 7 atom stereocenters. The van der Waals surface area contributed by atoms with E-state index in [9.17, 15) is 24.3 Å². The molecular formula is C41H48N8O6. The minimum atomic E-state index is -1.21. The Hall–Kier alpha value is -5.84. The first-order valence-corrected chi connectivity index (χ1v) is 19.0. The maximum absolute atomic E-state index is 13.7. The highest BCUT2D eigenvalue weighted by molar-refractivity contribution is 5.89. The average Bonchev–Trinajstić information content (AvgIpc) is 3.63. The number of H-pyrrole nitrogens is 2.